The number of hydrogen-bond donors (Lipinski definition) is 4. The minimum atomic E-state index is -3.42. The van der Waals surface area contributed by atoms with Crippen molar-refractivity contribution in [1.29, 1.82) is 0 Å². The van der Waals surface area contributed by atoms with Gasteiger partial charge in [-0.25, -0.2) is 13.4 Å². The molecule has 1 aliphatic rings. The molecule has 4 aromatic rings. The van der Waals surface area contributed by atoms with Gasteiger partial charge in [-0.15, -0.1) is 10.2 Å². The maximum absolute atomic E-state index is 12.3. The van der Waals surface area contributed by atoms with E-state index in [1.165, 1.54) is 18.7 Å². The molecule has 0 amide bonds. The Bertz CT molecular complexity index is 1430. The number of nitrogens with zero attached hydrogens (tertiary/aromatic N) is 4. The number of aliphatic hydroxyl groups excluding tert-OH is 2. The second-order valence-corrected chi connectivity index (χ2v) is 10.1. The van der Waals surface area contributed by atoms with E-state index in [4.69, 9.17) is 4.42 Å². The third-order valence-corrected chi connectivity index (χ3v) is 7.51. The third kappa shape index (κ3) is 4.71. The van der Waals surface area contributed by atoms with Gasteiger partial charge in [0, 0.05) is 17.4 Å². The molecule has 0 spiro atoms. The van der Waals surface area contributed by atoms with E-state index in [0.717, 1.165) is 5.56 Å². The highest BCUT2D eigenvalue weighted by molar-refractivity contribution is 7.91. The maximum atomic E-state index is 12.3. The first kappa shape index (κ1) is 22.9. The summed E-state index contributed by atoms with van der Waals surface area (Å²) < 4.78 is 30.0. The Kier molecular flexibility index (Phi) is 6.16. The van der Waals surface area contributed by atoms with E-state index in [-0.39, 0.29) is 35.5 Å². The summed E-state index contributed by atoms with van der Waals surface area (Å²) in [6.07, 6.45) is 1.97. The van der Waals surface area contributed by atoms with E-state index < -0.39 is 22.0 Å². The Morgan fingerprint density at radius 2 is 2.00 bits per heavy atom. The SMILES string of the molecule is O=S1(=O)CCC(O)c2cc(Nc3ncc(-c4nnco4)c(N[C@H](CO)c4ccccc4)n3)ccc21. The maximum Gasteiger partial charge on any atom is 0.252 e. The molecule has 2 aromatic heterocycles. The predicted octanol–water partition coefficient (Wildman–Crippen LogP) is 2.63. The molecule has 0 saturated heterocycles. The number of aliphatic hydroxyl groups is 2. The lowest BCUT2D eigenvalue weighted by molar-refractivity contribution is 0.168. The summed E-state index contributed by atoms with van der Waals surface area (Å²) in [5.41, 5.74) is 2.14. The minimum Gasteiger partial charge on any atom is -0.423 e. The van der Waals surface area contributed by atoms with Gasteiger partial charge in [-0.1, -0.05) is 30.3 Å². The quantitative estimate of drug-likeness (QED) is 0.298. The molecular formula is C23H22N6O5S. The van der Waals surface area contributed by atoms with Crippen LogP contribution in [0.25, 0.3) is 11.5 Å². The van der Waals surface area contributed by atoms with Crippen LogP contribution >= 0.6 is 0 Å². The van der Waals surface area contributed by atoms with Crippen molar-refractivity contribution in [2.45, 2.75) is 23.5 Å². The standard InChI is InChI=1S/C23H22N6O5S/c30-12-18(14-4-2-1-3-5-14)27-21-17(22-29-25-13-34-22)11-24-23(28-21)26-15-6-7-20-16(10-15)19(31)8-9-35(20,32)33/h1-7,10-11,13,18-19,30-31H,8-9,12H2,(H2,24,26,27,28)/t18-,19?/m1/s1. The van der Waals surface area contributed by atoms with Gasteiger partial charge >= 0.3 is 0 Å². The number of hydrogen-bond acceptors (Lipinski definition) is 11. The van der Waals surface area contributed by atoms with Crippen LogP contribution in [0.4, 0.5) is 17.5 Å². The molecular weight excluding hydrogens is 472 g/mol. The number of aromatic nitrogens is 4. The van der Waals surface area contributed by atoms with Crippen molar-refractivity contribution in [2.24, 2.45) is 0 Å². The Morgan fingerprint density at radius 3 is 2.74 bits per heavy atom. The summed E-state index contributed by atoms with van der Waals surface area (Å²) in [6, 6.07) is 13.6. The number of rotatable bonds is 7. The van der Waals surface area contributed by atoms with E-state index >= 15 is 0 Å². The summed E-state index contributed by atoms with van der Waals surface area (Å²) in [6.45, 7) is -0.197. The summed E-state index contributed by atoms with van der Waals surface area (Å²) in [5.74, 6) is 0.658. The van der Waals surface area contributed by atoms with Gasteiger partial charge in [0.15, 0.2) is 9.84 Å². The molecule has 5 rings (SSSR count). The van der Waals surface area contributed by atoms with Crippen LogP contribution in [-0.4, -0.2) is 51.2 Å². The lowest BCUT2D eigenvalue weighted by atomic mass is 10.1. The first-order valence-electron chi connectivity index (χ1n) is 10.8. The molecule has 0 fully saturated rings. The van der Waals surface area contributed by atoms with Gasteiger partial charge in [-0.3, -0.25) is 0 Å². The van der Waals surface area contributed by atoms with Crippen LogP contribution in [0, 0.1) is 0 Å². The molecule has 0 radical (unpaired) electrons. The molecule has 2 aromatic carbocycles. The lowest BCUT2D eigenvalue weighted by Crippen LogP contribution is -2.20. The zero-order valence-electron chi connectivity index (χ0n) is 18.4. The van der Waals surface area contributed by atoms with Gasteiger partial charge in [-0.2, -0.15) is 4.98 Å². The highest BCUT2D eigenvalue weighted by Crippen LogP contribution is 2.35. The van der Waals surface area contributed by atoms with Crippen LogP contribution < -0.4 is 10.6 Å². The molecule has 4 N–H and O–H groups in total. The summed E-state index contributed by atoms with van der Waals surface area (Å²) in [4.78, 5) is 9.00. The minimum absolute atomic E-state index is 0.0867. The van der Waals surface area contributed by atoms with Crippen LogP contribution in [0.5, 0.6) is 0 Å². The van der Waals surface area contributed by atoms with E-state index in [2.05, 4.69) is 30.8 Å². The number of sulfone groups is 1. The zero-order valence-corrected chi connectivity index (χ0v) is 19.2. The Morgan fingerprint density at radius 1 is 1.17 bits per heavy atom. The Balaban J connectivity index is 1.49. The Labute approximate surface area is 200 Å². The van der Waals surface area contributed by atoms with E-state index in [0.29, 0.717) is 22.6 Å². The summed E-state index contributed by atoms with van der Waals surface area (Å²) >= 11 is 0. The molecule has 180 valence electrons. The summed E-state index contributed by atoms with van der Waals surface area (Å²) in [5, 5.41) is 34.2. The van der Waals surface area contributed by atoms with Gasteiger partial charge in [0.1, 0.15) is 5.82 Å². The number of nitrogens with one attached hydrogen (secondary N) is 2. The van der Waals surface area contributed by atoms with Gasteiger partial charge < -0.3 is 25.3 Å². The van der Waals surface area contributed by atoms with Crippen molar-refractivity contribution in [1.82, 2.24) is 20.2 Å². The van der Waals surface area contributed by atoms with Gasteiger partial charge in [0.05, 0.1) is 35.0 Å². The van der Waals surface area contributed by atoms with Gasteiger partial charge in [0.25, 0.3) is 5.89 Å². The molecule has 2 atom stereocenters. The normalized spacial score (nSPS) is 17.4. The van der Waals surface area contributed by atoms with Crippen LogP contribution in [-0.2, 0) is 9.84 Å². The first-order chi connectivity index (χ1) is 16.9. The number of benzene rings is 2. The van der Waals surface area contributed by atoms with E-state index in [1.807, 2.05) is 30.3 Å². The number of fused-ring (bicyclic) bond motifs is 1. The molecule has 0 saturated carbocycles. The van der Waals surface area contributed by atoms with Gasteiger partial charge in [0.2, 0.25) is 12.3 Å². The van der Waals surface area contributed by atoms with Crippen LogP contribution in [0.1, 0.15) is 29.7 Å². The van der Waals surface area contributed by atoms with Crippen LogP contribution in [0.2, 0.25) is 0 Å². The monoisotopic (exact) mass is 494 g/mol. The molecule has 1 unspecified atom stereocenters. The molecule has 0 bridgehead atoms. The molecule has 35 heavy (non-hydrogen) atoms. The third-order valence-electron chi connectivity index (χ3n) is 5.69. The van der Waals surface area contributed by atoms with Crippen molar-refractivity contribution < 1.29 is 23.0 Å². The zero-order chi connectivity index (χ0) is 24.4. The first-order valence-corrected chi connectivity index (χ1v) is 12.5. The molecule has 1 aliphatic heterocycles. The fourth-order valence-corrected chi connectivity index (χ4v) is 5.50. The Hall–Kier alpha value is -3.87. The van der Waals surface area contributed by atoms with E-state index in [9.17, 15) is 18.6 Å². The highest BCUT2D eigenvalue weighted by atomic mass is 32.2. The fraction of sp³-hybridized carbons (Fsp3) is 0.217. The average molecular weight is 495 g/mol. The second-order valence-electron chi connectivity index (χ2n) is 7.99. The molecule has 12 heteroatoms. The van der Waals surface area contributed by atoms with Crippen LogP contribution in [0.15, 0.2) is 70.4 Å². The smallest absolute Gasteiger partial charge is 0.252 e. The van der Waals surface area contributed by atoms with Crippen molar-refractivity contribution in [3.8, 4) is 11.5 Å². The topological polar surface area (TPSA) is 163 Å². The molecule has 11 nitrogen and oxygen atoms in total. The highest BCUT2D eigenvalue weighted by Gasteiger charge is 2.29. The molecule has 0 aliphatic carbocycles. The lowest BCUT2D eigenvalue weighted by Gasteiger charge is -2.22. The average Bonchev–Trinajstić information content (AvgIpc) is 3.40. The largest absolute Gasteiger partial charge is 0.423 e. The second kappa shape index (κ2) is 9.41. The fourth-order valence-electron chi connectivity index (χ4n) is 3.91. The van der Waals surface area contributed by atoms with Crippen LogP contribution in [0.3, 0.4) is 0 Å². The van der Waals surface area contributed by atoms with Gasteiger partial charge in [-0.05, 0) is 30.2 Å². The summed E-state index contributed by atoms with van der Waals surface area (Å²) in [7, 11) is -3.42. The predicted molar refractivity (Wildman–Crippen MR) is 127 cm³/mol. The number of anilines is 3. The van der Waals surface area contributed by atoms with Crippen molar-refractivity contribution >= 4 is 27.3 Å². The van der Waals surface area contributed by atoms with E-state index in [1.54, 1.807) is 12.1 Å². The molecule has 3 heterocycles. The van der Waals surface area contributed by atoms with Crippen molar-refractivity contribution in [3.63, 3.8) is 0 Å². The van der Waals surface area contributed by atoms with Crippen molar-refractivity contribution in [3.05, 3.63) is 72.2 Å². The van der Waals surface area contributed by atoms with Crippen molar-refractivity contribution in [2.75, 3.05) is 23.0 Å².